The molecule has 1 saturated heterocycles. The van der Waals surface area contributed by atoms with Crippen molar-refractivity contribution < 1.29 is 4.74 Å². The molecule has 1 saturated carbocycles. The summed E-state index contributed by atoms with van der Waals surface area (Å²) in [4.78, 5) is 11.4. The minimum atomic E-state index is 0.513. The van der Waals surface area contributed by atoms with Crippen LogP contribution in [0, 0.1) is 5.92 Å². The Kier molecular flexibility index (Phi) is 4.94. The first kappa shape index (κ1) is 16.5. The number of ether oxygens (including phenoxy) is 1. The van der Waals surface area contributed by atoms with Crippen LogP contribution < -0.4 is 10.6 Å². The van der Waals surface area contributed by atoms with Crippen LogP contribution in [0.1, 0.15) is 31.7 Å². The van der Waals surface area contributed by atoms with Gasteiger partial charge in [0.25, 0.3) is 0 Å². The fourth-order valence-electron chi connectivity index (χ4n) is 3.67. The number of aromatic nitrogens is 4. The van der Waals surface area contributed by atoms with Crippen molar-refractivity contribution in [1.82, 2.24) is 19.7 Å². The van der Waals surface area contributed by atoms with E-state index in [0.29, 0.717) is 6.04 Å². The number of nitrogens with two attached hydrogens (primary N) is 1. The van der Waals surface area contributed by atoms with E-state index in [1.165, 1.54) is 19.3 Å². The van der Waals surface area contributed by atoms with Gasteiger partial charge in [-0.05, 0) is 44.2 Å². The van der Waals surface area contributed by atoms with E-state index >= 15 is 0 Å². The third-order valence-electron chi connectivity index (χ3n) is 5.24. The number of anilines is 1. The largest absolute Gasteiger partial charge is 0.378 e. The summed E-state index contributed by atoms with van der Waals surface area (Å²) in [5, 5.41) is 4.55. The number of nitrogens with zero attached hydrogens (tertiary/aromatic N) is 5. The molecule has 0 aromatic carbocycles. The van der Waals surface area contributed by atoms with E-state index in [2.05, 4.69) is 25.9 Å². The molecule has 2 aromatic rings. The van der Waals surface area contributed by atoms with Gasteiger partial charge in [0.15, 0.2) is 5.82 Å². The molecular weight excluding hydrogens is 316 g/mol. The molecule has 7 nitrogen and oxygen atoms in total. The summed E-state index contributed by atoms with van der Waals surface area (Å²) in [6.07, 6.45) is 10.6. The average Bonchev–Trinajstić information content (AvgIpc) is 3.11. The lowest BCUT2D eigenvalue weighted by molar-refractivity contribution is 0.122. The Morgan fingerprint density at radius 1 is 1.24 bits per heavy atom. The normalized spacial score (nSPS) is 23.5. The first-order chi connectivity index (χ1) is 12.3. The molecule has 0 bridgehead atoms. The third kappa shape index (κ3) is 3.67. The Bertz CT molecular complexity index is 690. The van der Waals surface area contributed by atoms with Gasteiger partial charge < -0.3 is 15.4 Å². The summed E-state index contributed by atoms with van der Waals surface area (Å²) in [7, 11) is 0. The average molecular weight is 342 g/mol. The number of hydrogen-bond donors (Lipinski definition) is 1. The molecular formula is C18H26N6O. The highest BCUT2D eigenvalue weighted by atomic mass is 16.5. The van der Waals surface area contributed by atoms with Crippen LogP contribution in [0.5, 0.6) is 0 Å². The molecule has 3 heterocycles. The van der Waals surface area contributed by atoms with Crippen molar-refractivity contribution in [2.24, 2.45) is 11.7 Å². The molecule has 0 atom stereocenters. The van der Waals surface area contributed by atoms with Crippen molar-refractivity contribution in [3.63, 3.8) is 0 Å². The van der Waals surface area contributed by atoms with E-state index in [9.17, 15) is 0 Å². The van der Waals surface area contributed by atoms with E-state index in [1.54, 1.807) is 0 Å². The quantitative estimate of drug-likeness (QED) is 0.863. The molecule has 2 N–H and O–H groups in total. The maximum atomic E-state index is 5.59. The van der Waals surface area contributed by atoms with Gasteiger partial charge in [0, 0.05) is 25.5 Å². The van der Waals surface area contributed by atoms with Crippen molar-refractivity contribution in [2.45, 2.75) is 31.7 Å². The minimum absolute atomic E-state index is 0.513. The molecule has 0 spiro atoms. The molecule has 0 radical (unpaired) electrons. The van der Waals surface area contributed by atoms with E-state index in [0.717, 1.165) is 62.4 Å². The third-order valence-corrected chi connectivity index (χ3v) is 5.24. The Hall–Kier alpha value is -1.99. The zero-order valence-corrected chi connectivity index (χ0v) is 14.5. The van der Waals surface area contributed by atoms with Crippen molar-refractivity contribution in [3.8, 4) is 11.4 Å². The molecule has 1 aliphatic heterocycles. The summed E-state index contributed by atoms with van der Waals surface area (Å²) in [6, 6.07) is 2.48. The van der Waals surface area contributed by atoms with Crippen LogP contribution in [-0.2, 0) is 4.74 Å². The van der Waals surface area contributed by atoms with E-state index in [1.807, 2.05) is 18.5 Å². The van der Waals surface area contributed by atoms with Crippen molar-refractivity contribution in [2.75, 3.05) is 37.7 Å². The SMILES string of the molecule is NCCCC1CC(n2cc(-c3nccc(N4CCOCC4)n3)cn2)C1. The van der Waals surface area contributed by atoms with Crippen LogP contribution in [0.4, 0.5) is 5.82 Å². The molecule has 0 unspecified atom stereocenters. The highest BCUT2D eigenvalue weighted by Crippen LogP contribution is 2.40. The van der Waals surface area contributed by atoms with Crippen LogP contribution in [0.15, 0.2) is 24.7 Å². The Morgan fingerprint density at radius 2 is 2.08 bits per heavy atom. The Labute approximate surface area is 148 Å². The van der Waals surface area contributed by atoms with Gasteiger partial charge in [-0.25, -0.2) is 9.97 Å². The summed E-state index contributed by atoms with van der Waals surface area (Å²) in [6.45, 7) is 4.06. The first-order valence-electron chi connectivity index (χ1n) is 9.24. The summed E-state index contributed by atoms with van der Waals surface area (Å²) in [5.41, 5.74) is 6.58. The van der Waals surface area contributed by atoms with E-state index in [-0.39, 0.29) is 0 Å². The highest BCUT2D eigenvalue weighted by molar-refractivity contribution is 5.55. The van der Waals surface area contributed by atoms with Crippen LogP contribution >= 0.6 is 0 Å². The lowest BCUT2D eigenvalue weighted by atomic mass is 9.77. The molecule has 7 heteroatoms. The number of rotatable bonds is 6. The summed E-state index contributed by atoms with van der Waals surface area (Å²) >= 11 is 0. The van der Waals surface area contributed by atoms with Crippen LogP contribution in [-0.4, -0.2) is 52.6 Å². The standard InChI is InChI=1S/C18H26N6O/c19-4-1-2-14-10-16(11-14)24-13-15(12-21-24)18-20-5-3-17(22-18)23-6-8-25-9-7-23/h3,5,12-14,16H,1-2,4,6-11,19H2. The topological polar surface area (TPSA) is 82.1 Å². The maximum absolute atomic E-state index is 5.59. The second-order valence-electron chi connectivity index (χ2n) is 6.97. The molecule has 2 aromatic heterocycles. The lowest BCUT2D eigenvalue weighted by Gasteiger charge is -2.35. The van der Waals surface area contributed by atoms with Gasteiger partial charge >= 0.3 is 0 Å². The smallest absolute Gasteiger partial charge is 0.164 e. The van der Waals surface area contributed by atoms with E-state index < -0.39 is 0 Å². The summed E-state index contributed by atoms with van der Waals surface area (Å²) in [5.74, 6) is 2.52. The Balaban J connectivity index is 1.42. The maximum Gasteiger partial charge on any atom is 0.164 e. The second kappa shape index (κ2) is 7.49. The highest BCUT2D eigenvalue weighted by Gasteiger charge is 2.30. The van der Waals surface area contributed by atoms with Gasteiger partial charge in [-0.15, -0.1) is 0 Å². The minimum Gasteiger partial charge on any atom is -0.378 e. The summed E-state index contributed by atoms with van der Waals surface area (Å²) < 4.78 is 7.49. The van der Waals surface area contributed by atoms with Crippen LogP contribution in [0.25, 0.3) is 11.4 Å². The van der Waals surface area contributed by atoms with E-state index in [4.69, 9.17) is 15.5 Å². The number of morpholine rings is 1. The zero-order chi connectivity index (χ0) is 17.1. The van der Waals surface area contributed by atoms with Gasteiger partial charge in [0.2, 0.25) is 0 Å². The lowest BCUT2D eigenvalue weighted by Crippen LogP contribution is -2.36. The monoisotopic (exact) mass is 342 g/mol. The molecule has 134 valence electrons. The van der Waals surface area contributed by atoms with Gasteiger partial charge in [-0.2, -0.15) is 5.10 Å². The fourth-order valence-corrected chi connectivity index (χ4v) is 3.67. The van der Waals surface area contributed by atoms with Crippen molar-refractivity contribution in [1.29, 1.82) is 0 Å². The first-order valence-corrected chi connectivity index (χ1v) is 9.24. The van der Waals surface area contributed by atoms with Gasteiger partial charge in [-0.3, -0.25) is 4.68 Å². The van der Waals surface area contributed by atoms with Gasteiger partial charge in [-0.1, -0.05) is 0 Å². The number of hydrogen-bond acceptors (Lipinski definition) is 6. The molecule has 0 amide bonds. The fraction of sp³-hybridized carbons (Fsp3) is 0.611. The molecule has 2 fully saturated rings. The van der Waals surface area contributed by atoms with Crippen molar-refractivity contribution >= 4 is 5.82 Å². The van der Waals surface area contributed by atoms with Crippen molar-refractivity contribution in [3.05, 3.63) is 24.7 Å². The van der Waals surface area contributed by atoms with Crippen LogP contribution in [0.2, 0.25) is 0 Å². The predicted octanol–water partition coefficient (Wildman–Crippen LogP) is 1.87. The molecule has 2 aliphatic rings. The molecule has 1 aliphatic carbocycles. The predicted molar refractivity (Wildman–Crippen MR) is 96.3 cm³/mol. The van der Waals surface area contributed by atoms with Gasteiger partial charge in [0.1, 0.15) is 5.82 Å². The van der Waals surface area contributed by atoms with Crippen LogP contribution in [0.3, 0.4) is 0 Å². The molecule has 25 heavy (non-hydrogen) atoms. The molecule has 4 rings (SSSR count). The zero-order valence-electron chi connectivity index (χ0n) is 14.5. The van der Waals surface area contributed by atoms with Gasteiger partial charge in [0.05, 0.1) is 31.0 Å². The second-order valence-corrected chi connectivity index (χ2v) is 6.97. The Morgan fingerprint density at radius 3 is 2.88 bits per heavy atom.